The second-order valence-corrected chi connectivity index (χ2v) is 4.02. The molecule has 82 valence electrons. The molecule has 0 aromatic carbocycles. The zero-order valence-electron chi connectivity index (χ0n) is 8.98. The molecular weight excluding hydrogens is 188 g/mol. The van der Waals surface area contributed by atoms with Crippen LogP contribution in [-0.2, 0) is 11.3 Å². The molecule has 1 aromatic heterocycles. The normalized spacial score (nSPS) is 15.5. The van der Waals surface area contributed by atoms with E-state index in [0.29, 0.717) is 0 Å². The van der Waals surface area contributed by atoms with E-state index in [0.717, 1.165) is 37.9 Å². The van der Waals surface area contributed by atoms with Gasteiger partial charge in [0.1, 0.15) is 0 Å². The molecule has 0 amide bonds. The summed E-state index contributed by atoms with van der Waals surface area (Å²) >= 11 is 0. The van der Waals surface area contributed by atoms with Gasteiger partial charge < -0.3 is 10.1 Å². The van der Waals surface area contributed by atoms with Crippen molar-refractivity contribution < 1.29 is 4.74 Å². The molecule has 2 rings (SSSR count). The first kappa shape index (κ1) is 10.6. The summed E-state index contributed by atoms with van der Waals surface area (Å²) in [7, 11) is 0. The Bertz CT molecular complexity index is 272. The Kier molecular flexibility index (Phi) is 4.11. The zero-order valence-corrected chi connectivity index (χ0v) is 8.98. The van der Waals surface area contributed by atoms with Gasteiger partial charge >= 0.3 is 0 Å². The molecule has 3 heteroatoms. The molecule has 0 aliphatic heterocycles. The highest BCUT2D eigenvalue weighted by Gasteiger charge is 2.20. The minimum atomic E-state index is 0.809. The van der Waals surface area contributed by atoms with Gasteiger partial charge in [0.2, 0.25) is 0 Å². The second kappa shape index (κ2) is 5.83. The monoisotopic (exact) mass is 206 g/mol. The lowest BCUT2D eigenvalue weighted by Crippen LogP contribution is -2.20. The summed E-state index contributed by atoms with van der Waals surface area (Å²) in [6, 6.07) is 5.97. The molecule has 0 bridgehead atoms. The molecule has 0 atom stereocenters. The lowest BCUT2D eigenvalue weighted by Gasteiger charge is -2.04. The van der Waals surface area contributed by atoms with Crippen LogP contribution < -0.4 is 5.32 Å². The van der Waals surface area contributed by atoms with Crippen molar-refractivity contribution in [3.05, 3.63) is 30.1 Å². The molecule has 0 saturated heterocycles. The minimum Gasteiger partial charge on any atom is -0.380 e. The maximum Gasteiger partial charge on any atom is 0.0591 e. The van der Waals surface area contributed by atoms with E-state index < -0.39 is 0 Å². The van der Waals surface area contributed by atoms with Crippen LogP contribution >= 0.6 is 0 Å². The van der Waals surface area contributed by atoms with Gasteiger partial charge in [0.25, 0.3) is 0 Å². The van der Waals surface area contributed by atoms with Crippen molar-refractivity contribution in [3.63, 3.8) is 0 Å². The number of nitrogens with zero attached hydrogens (tertiary/aromatic N) is 1. The van der Waals surface area contributed by atoms with Gasteiger partial charge in [0, 0.05) is 25.9 Å². The number of hydrogen-bond donors (Lipinski definition) is 1. The Labute approximate surface area is 90.9 Å². The molecule has 0 unspecified atom stereocenters. The van der Waals surface area contributed by atoms with Crippen LogP contribution in [0, 0.1) is 5.92 Å². The molecule has 0 spiro atoms. The van der Waals surface area contributed by atoms with Crippen LogP contribution in [0.1, 0.15) is 18.5 Å². The van der Waals surface area contributed by atoms with Gasteiger partial charge in [0.05, 0.1) is 12.3 Å². The fourth-order valence-corrected chi connectivity index (χ4v) is 1.40. The lowest BCUT2D eigenvalue weighted by atomic mass is 10.3. The highest BCUT2D eigenvalue weighted by atomic mass is 16.5. The summed E-state index contributed by atoms with van der Waals surface area (Å²) in [5.74, 6) is 0.862. The molecule has 15 heavy (non-hydrogen) atoms. The maximum atomic E-state index is 5.51. The van der Waals surface area contributed by atoms with Crippen molar-refractivity contribution in [2.45, 2.75) is 19.4 Å². The molecule has 1 aromatic rings. The van der Waals surface area contributed by atoms with Crippen LogP contribution in [0.2, 0.25) is 0 Å². The van der Waals surface area contributed by atoms with Crippen LogP contribution in [0.15, 0.2) is 24.4 Å². The van der Waals surface area contributed by atoms with Crippen molar-refractivity contribution >= 4 is 0 Å². The molecule has 1 heterocycles. The van der Waals surface area contributed by atoms with Crippen molar-refractivity contribution in [1.82, 2.24) is 10.3 Å². The summed E-state index contributed by atoms with van der Waals surface area (Å²) < 4.78 is 5.51. The van der Waals surface area contributed by atoms with Crippen LogP contribution in [0.3, 0.4) is 0 Å². The number of aromatic nitrogens is 1. The van der Waals surface area contributed by atoms with Crippen LogP contribution in [0.4, 0.5) is 0 Å². The topological polar surface area (TPSA) is 34.1 Å². The quantitative estimate of drug-likeness (QED) is 0.688. The van der Waals surface area contributed by atoms with E-state index in [9.17, 15) is 0 Å². The van der Waals surface area contributed by atoms with E-state index >= 15 is 0 Å². The number of nitrogens with one attached hydrogen (secondary N) is 1. The predicted octanol–water partition coefficient (Wildman–Crippen LogP) is 1.60. The van der Waals surface area contributed by atoms with Crippen LogP contribution in [-0.4, -0.2) is 24.7 Å². The molecule has 3 nitrogen and oxygen atoms in total. The van der Waals surface area contributed by atoms with E-state index in [1.807, 2.05) is 24.4 Å². The van der Waals surface area contributed by atoms with Gasteiger partial charge in [-0.1, -0.05) is 6.07 Å². The third-order valence-electron chi connectivity index (χ3n) is 2.51. The summed E-state index contributed by atoms with van der Waals surface area (Å²) in [4.78, 5) is 4.23. The SMILES string of the molecule is c1ccc(CNCCOCC2CC2)nc1. The first-order valence-electron chi connectivity index (χ1n) is 5.63. The van der Waals surface area contributed by atoms with Gasteiger partial charge in [-0.15, -0.1) is 0 Å². The Morgan fingerprint density at radius 2 is 2.33 bits per heavy atom. The van der Waals surface area contributed by atoms with E-state index in [1.165, 1.54) is 12.8 Å². The smallest absolute Gasteiger partial charge is 0.0591 e. The van der Waals surface area contributed by atoms with E-state index in [1.54, 1.807) is 0 Å². The van der Waals surface area contributed by atoms with E-state index in [-0.39, 0.29) is 0 Å². The summed E-state index contributed by atoms with van der Waals surface area (Å²) in [6.07, 6.45) is 4.54. The van der Waals surface area contributed by atoms with Crippen molar-refractivity contribution in [2.75, 3.05) is 19.8 Å². The summed E-state index contributed by atoms with van der Waals surface area (Å²) in [6.45, 7) is 3.49. The van der Waals surface area contributed by atoms with Gasteiger partial charge in [-0.25, -0.2) is 0 Å². The van der Waals surface area contributed by atoms with Gasteiger partial charge in [-0.3, -0.25) is 4.98 Å². The average molecular weight is 206 g/mol. The maximum absolute atomic E-state index is 5.51. The third-order valence-corrected chi connectivity index (χ3v) is 2.51. The largest absolute Gasteiger partial charge is 0.380 e. The second-order valence-electron chi connectivity index (χ2n) is 4.02. The highest BCUT2D eigenvalue weighted by molar-refractivity contribution is 5.02. The molecule has 0 radical (unpaired) electrons. The number of pyridine rings is 1. The average Bonchev–Trinajstić information content (AvgIpc) is 3.09. The van der Waals surface area contributed by atoms with Crippen molar-refractivity contribution in [2.24, 2.45) is 5.92 Å². The van der Waals surface area contributed by atoms with Gasteiger partial charge in [-0.2, -0.15) is 0 Å². The van der Waals surface area contributed by atoms with Gasteiger partial charge in [0.15, 0.2) is 0 Å². The molecular formula is C12H18N2O. The Balaban J connectivity index is 1.47. The molecule has 1 saturated carbocycles. The van der Waals surface area contributed by atoms with Crippen LogP contribution in [0.25, 0.3) is 0 Å². The third kappa shape index (κ3) is 4.40. The number of ether oxygens (including phenoxy) is 1. The summed E-state index contributed by atoms with van der Waals surface area (Å²) in [5.41, 5.74) is 1.08. The standard InChI is InChI=1S/C12H18N2O/c1-2-6-14-12(3-1)9-13-7-8-15-10-11-4-5-11/h1-3,6,11,13H,4-5,7-10H2. The van der Waals surface area contributed by atoms with Crippen LogP contribution in [0.5, 0.6) is 0 Å². The minimum absolute atomic E-state index is 0.809. The lowest BCUT2D eigenvalue weighted by molar-refractivity contribution is 0.126. The highest BCUT2D eigenvalue weighted by Crippen LogP contribution is 2.28. The first-order chi connectivity index (χ1) is 7.45. The summed E-state index contributed by atoms with van der Waals surface area (Å²) in [5, 5.41) is 3.31. The van der Waals surface area contributed by atoms with E-state index in [2.05, 4.69) is 10.3 Å². The predicted molar refractivity (Wildman–Crippen MR) is 59.5 cm³/mol. The number of rotatable bonds is 7. The molecule has 1 aliphatic rings. The fourth-order valence-electron chi connectivity index (χ4n) is 1.40. The van der Waals surface area contributed by atoms with E-state index in [4.69, 9.17) is 4.74 Å². The Morgan fingerprint density at radius 3 is 3.07 bits per heavy atom. The fraction of sp³-hybridized carbons (Fsp3) is 0.583. The Morgan fingerprint density at radius 1 is 1.40 bits per heavy atom. The van der Waals surface area contributed by atoms with Crippen molar-refractivity contribution in [3.8, 4) is 0 Å². The molecule has 1 N–H and O–H groups in total. The molecule has 1 aliphatic carbocycles. The van der Waals surface area contributed by atoms with Crippen molar-refractivity contribution in [1.29, 1.82) is 0 Å². The number of hydrogen-bond acceptors (Lipinski definition) is 3. The molecule has 1 fully saturated rings. The Hall–Kier alpha value is -0.930. The van der Waals surface area contributed by atoms with Gasteiger partial charge in [-0.05, 0) is 30.9 Å². The first-order valence-corrected chi connectivity index (χ1v) is 5.63. The zero-order chi connectivity index (χ0) is 10.3.